The van der Waals surface area contributed by atoms with Crippen molar-refractivity contribution in [2.75, 3.05) is 4.90 Å². The summed E-state index contributed by atoms with van der Waals surface area (Å²) in [5, 5.41) is 10.3. The monoisotopic (exact) mass is 329 g/mol. The van der Waals surface area contributed by atoms with Gasteiger partial charge in [0.2, 0.25) is 0 Å². The highest BCUT2D eigenvalue weighted by atomic mass is 79.9. The van der Waals surface area contributed by atoms with Crippen LogP contribution in [-0.4, -0.2) is 11.0 Å². The van der Waals surface area contributed by atoms with Gasteiger partial charge in [-0.3, -0.25) is 9.69 Å². The highest BCUT2D eigenvalue weighted by Gasteiger charge is 2.40. The molecule has 0 bridgehead atoms. The first-order valence-corrected chi connectivity index (χ1v) is 7.01. The van der Waals surface area contributed by atoms with Crippen LogP contribution in [0.2, 0.25) is 0 Å². The lowest BCUT2D eigenvalue weighted by molar-refractivity contribution is -0.114. The molecule has 1 amide bonds. The van der Waals surface area contributed by atoms with Crippen molar-refractivity contribution < 1.29 is 9.90 Å². The second kappa shape index (κ2) is 5.13. The van der Waals surface area contributed by atoms with Gasteiger partial charge in [0.15, 0.2) is 0 Å². The Morgan fingerprint density at radius 3 is 2.10 bits per heavy atom. The minimum Gasteiger partial charge on any atom is -0.508 e. The Labute approximate surface area is 125 Å². The van der Waals surface area contributed by atoms with E-state index >= 15 is 0 Å². The topological polar surface area (TPSA) is 40.5 Å². The van der Waals surface area contributed by atoms with Gasteiger partial charge < -0.3 is 5.11 Å². The number of nitrogens with zero attached hydrogens (tertiary/aromatic N) is 1. The minimum atomic E-state index is -0.486. The Bertz CT molecular complexity index is 667. The summed E-state index contributed by atoms with van der Waals surface area (Å²) in [6.45, 7) is 0. The number of anilines is 1. The van der Waals surface area contributed by atoms with E-state index in [1.807, 2.05) is 60.7 Å². The molecular formula is C16H12BrNO2. The van der Waals surface area contributed by atoms with Gasteiger partial charge in [-0.2, -0.15) is 0 Å². The standard InChI is InChI=1S/C16H12BrNO2/c17-13-15(19)14(11-7-3-1-4-8-11)18(16(13)20)12-9-5-2-6-10-12/h1-10,14,19H. The van der Waals surface area contributed by atoms with E-state index in [-0.39, 0.29) is 16.1 Å². The lowest BCUT2D eigenvalue weighted by atomic mass is 10.1. The minimum absolute atomic E-state index is 0.0463. The molecule has 1 atom stereocenters. The Morgan fingerprint density at radius 1 is 0.950 bits per heavy atom. The zero-order chi connectivity index (χ0) is 14.1. The Hall–Kier alpha value is -2.07. The molecule has 1 N–H and O–H groups in total. The lowest BCUT2D eigenvalue weighted by Crippen LogP contribution is -2.29. The maximum absolute atomic E-state index is 12.4. The summed E-state index contributed by atoms with van der Waals surface area (Å²) in [4.78, 5) is 14.0. The third kappa shape index (κ3) is 2.02. The quantitative estimate of drug-likeness (QED) is 0.906. The van der Waals surface area contributed by atoms with E-state index < -0.39 is 6.04 Å². The molecule has 2 aromatic carbocycles. The number of aliphatic hydroxyl groups is 1. The molecule has 3 rings (SSSR count). The molecular weight excluding hydrogens is 318 g/mol. The molecule has 1 aliphatic heterocycles. The molecule has 2 aromatic rings. The van der Waals surface area contributed by atoms with Gasteiger partial charge >= 0.3 is 0 Å². The number of rotatable bonds is 2. The summed E-state index contributed by atoms with van der Waals surface area (Å²) >= 11 is 3.18. The second-order valence-corrected chi connectivity index (χ2v) is 5.32. The van der Waals surface area contributed by atoms with Gasteiger partial charge in [-0.25, -0.2) is 0 Å². The molecule has 0 saturated heterocycles. The maximum Gasteiger partial charge on any atom is 0.269 e. The van der Waals surface area contributed by atoms with Crippen molar-refractivity contribution in [3.63, 3.8) is 0 Å². The first kappa shape index (κ1) is 12.9. The van der Waals surface area contributed by atoms with Crippen LogP contribution < -0.4 is 4.90 Å². The van der Waals surface area contributed by atoms with Gasteiger partial charge in [-0.1, -0.05) is 48.5 Å². The number of para-hydroxylation sites is 1. The van der Waals surface area contributed by atoms with Gasteiger partial charge in [0.05, 0.1) is 0 Å². The zero-order valence-corrected chi connectivity index (χ0v) is 12.1. The summed E-state index contributed by atoms with van der Waals surface area (Å²) in [6, 6.07) is 18.3. The molecule has 0 aliphatic carbocycles. The molecule has 1 heterocycles. The van der Waals surface area contributed by atoms with E-state index in [2.05, 4.69) is 15.9 Å². The number of carbonyl (C=O) groups is 1. The van der Waals surface area contributed by atoms with Crippen LogP contribution in [0, 0.1) is 0 Å². The van der Waals surface area contributed by atoms with Crippen LogP contribution in [0.4, 0.5) is 5.69 Å². The molecule has 0 spiro atoms. The van der Waals surface area contributed by atoms with Crippen molar-refractivity contribution in [3.05, 3.63) is 76.5 Å². The van der Waals surface area contributed by atoms with Crippen molar-refractivity contribution >= 4 is 27.5 Å². The number of halogens is 1. The first-order chi connectivity index (χ1) is 9.70. The molecule has 3 nitrogen and oxygen atoms in total. The summed E-state index contributed by atoms with van der Waals surface area (Å²) in [7, 11) is 0. The Morgan fingerprint density at radius 2 is 1.50 bits per heavy atom. The van der Waals surface area contributed by atoms with Crippen LogP contribution in [0.15, 0.2) is 70.9 Å². The summed E-state index contributed by atoms with van der Waals surface area (Å²) in [6.07, 6.45) is 0. The molecule has 1 aliphatic rings. The van der Waals surface area contributed by atoms with Crippen molar-refractivity contribution in [2.45, 2.75) is 6.04 Å². The maximum atomic E-state index is 12.4. The first-order valence-electron chi connectivity index (χ1n) is 6.22. The third-order valence-electron chi connectivity index (χ3n) is 3.30. The lowest BCUT2D eigenvalue weighted by Gasteiger charge is -2.25. The molecule has 0 aromatic heterocycles. The number of hydrogen-bond acceptors (Lipinski definition) is 2. The van der Waals surface area contributed by atoms with Crippen molar-refractivity contribution in [2.24, 2.45) is 0 Å². The molecule has 0 saturated carbocycles. The fourth-order valence-corrected chi connectivity index (χ4v) is 2.78. The average Bonchev–Trinajstić information content (AvgIpc) is 2.73. The van der Waals surface area contributed by atoms with Gasteiger partial charge in [-0.15, -0.1) is 0 Å². The summed E-state index contributed by atoms with van der Waals surface area (Å²) < 4.78 is 0.218. The van der Waals surface area contributed by atoms with Crippen LogP contribution >= 0.6 is 15.9 Å². The fraction of sp³-hybridized carbons (Fsp3) is 0.0625. The third-order valence-corrected chi connectivity index (χ3v) is 4.04. The number of carbonyl (C=O) groups excluding carboxylic acids is 1. The van der Waals surface area contributed by atoms with E-state index in [1.165, 1.54) is 0 Å². The van der Waals surface area contributed by atoms with Crippen LogP contribution in [0.1, 0.15) is 11.6 Å². The van der Waals surface area contributed by atoms with Crippen LogP contribution in [0.25, 0.3) is 0 Å². The molecule has 4 heteroatoms. The van der Waals surface area contributed by atoms with Crippen LogP contribution in [0.3, 0.4) is 0 Å². The van der Waals surface area contributed by atoms with Crippen LogP contribution in [-0.2, 0) is 4.79 Å². The smallest absolute Gasteiger partial charge is 0.269 e. The fourth-order valence-electron chi connectivity index (χ4n) is 2.37. The van der Waals surface area contributed by atoms with E-state index in [4.69, 9.17) is 0 Å². The molecule has 0 fully saturated rings. The van der Waals surface area contributed by atoms with Crippen molar-refractivity contribution in [3.8, 4) is 0 Å². The molecule has 1 unspecified atom stereocenters. The van der Waals surface area contributed by atoms with Crippen molar-refractivity contribution in [1.82, 2.24) is 0 Å². The van der Waals surface area contributed by atoms with Crippen molar-refractivity contribution in [1.29, 1.82) is 0 Å². The van der Waals surface area contributed by atoms with Gasteiger partial charge in [-0.05, 0) is 33.6 Å². The molecule has 100 valence electrons. The predicted molar refractivity (Wildman–Crippen MR) is 81.7 cm³/mol. The number of aliphatic hydroxyl groups excluding tert-OH is 1. The number of benzene rings is 2. The molecule has 0 radical (unpaired) electrons. The molecule has 20 heavy (non-hydrogen) atoms. The number of hydrogen-bond donors (Lipinski definition) is 1. The number of amides is 1. The van der Waals surface area contributed by atoms with Gasteiger partial charge in [0, 0.05) is 5.69 Å². The summed E-state index contributed by atoms with van der Waals surface area (Å²) in [5.41, 5.74) is 1.63. The van der Waals surface area contributed by atoms with E-state index in [1.54, 1.807) is 4.90 Å². The van der Waals surface area contributed by atoms with Gasteiger partial charge in [0.1, 0.15) is 16.3 Å². The highest BCUT2D eigenvalue weighted by molar-refractivity contribution is 9.12. The largest absolute Gasteiger partial charge is 0.508 e. The second-order valence-electron chi connectivity index (χ2n) is 4.52. The average molecular weight is 330 g/mol. The van der Waals surface area contributed by atoms with Gasteiger partial charge in [0.25, 0.3) is 5.91 Å². The SMILES string of the molecule is O=C1C(Br)=C(O)C(c2ccccc2)N1c1ccccc1. The Kier molecular flexibility index (Phi) is 3.32. The Balaban J connectivity index is 2.11. The van der Waals surface area contributed by atoms with E-state index in [0.29, 0.717) is 0 Å². The summed E-state index contributed by atoms with van der Waals surface area (Å²) in [5.74, 6) is -0.187. The highest BCUT2D eigenvalue weighted by Crippen LogP contribution is 2.41. The predicted octanol–water partition coefficient (Wildman–Crippen LogP) is 3.94. The normalized spacial score (nSPS) is 18.8. The van der Waals surface area contributed by atoms with E-state index in [0.717, 1.165) is 11.3 Å². The van der Waals surface area contributed by atoms with Crippen LogP contribution in [0.5, 0.6) is 0 Å². The zero-order valence-electron chi connectivity index (χ0n) is 10.5. The van der Waals surface area contributed by atoms with E-state index in [9.17, 15) is 9.90 Å².